The second kappa shape index (κ2) is 14.2. The van der Waals surface area contributed by atoms with Crippen LogP contribution in [0.3, 0.4) is 0 Å². The Morgan fingerprint density at radius 2 is 1.97 bits per heavy atom. The Labute approximate surface area is 230 Å². The van der Waals surface area contributed by atoms with Crippen molar-refractivity contribution in [1.29, 1.82) is 0 Å². The summed E-state index contributed by atoms with van der Waals surface area (Å²) in [4.78, 5) is 37.9. The molecule has 0 radical (unpaired) electrons. The number of aromatic amines is 1. The predicted octanol–water partition coefficient (Wildman–Crippen LogP) is 4.00. The average Bonchev–Trinajstić information content (AvgIpc) is 3.53. The van der Waals surface area contributed by atoms with Crippen molar-refractivity contribution >= 4 is 52.4 Å². The van der Waals surface area contributed by atoms with Crippen molar-refractivity contribution in [2.75, 3.05) is 19.7 Å². The van der Waals surface area contributed by atoms with E-state index in [0.717, 1.165) is 35.0 Å². The molecule has 3 aromatic rings. The molecular weight excluding hydrogens is 533 g/mol. The van der Waals surface area contributed by atoms with Crippen LogP contribution in [-0.2, 0) is 33.9 Å². The van der Waals surface area contributed by atoms with Crippen molar-refractivity contribution in [2.24, 2.45) is 0 Å². The second-order valence-corrected chi connectivity index (χ2v) is 9.83. The van der Waals surface area contributed by atoms with E-state index in [1.165, 1.54) is 19.3 Å². The van der Waals surface area contributed by atoms with Crippen LogP contribution in [-0.4, -0.2) is 67.9 Å². The first-order chi connectivity index (χ1) is 18.3. The Morgan fingerprint density at radius 3 is 2.68 bits per heavy atom. The normalized spacial score (nSPS) is 12.6. The van der Waals surface area contributed by atoms with Crippen molar-refractivity contribution < 1.29 is 24.6 Å². The number of nitrogens with one attached hydrogen (secondary N) is 2. The number of nitrogens with zero attached hydrogens (tertiary/aromatic N) is 3. The minimum absolute atomic E-state index is 0.0772. The molecule has 4 N–H and O–H groups in total. The maximum Gasteiger partial charge on any atom is 0.290 e. The van der Waals surface area contributed by atoms with Crippen LogP contribution in [0.15, 0.2) is 18.3 Å². The molecule has 0 saturated carbocycles. The third-order valence-corrected chi connectivity index (χ3v) is 7.24. The summed E-state index contributed by atoms with van der Waals surface area (Å²) < 4.78 is 1.61. The number of rotatable bonds is 10. The summed E-state index contributed by atoms with van der Waals surface area (Å²) in [6, 6.07) is 3.62. The zero-order valence-electron chi connectivity index (χ0n) is 21.3. The fourth-order valence-corrected chi connectivity index (χ4v) is 5.01. The summed E-state index contributed by atoms with van der Waals surface area (Å²) >= 11 is 13.0. The van der Waals surface area contributed by atoms with Gasteiger partial charge in [0.2, 0.25) is 11.8 Å². The molecule has 0 unspecified atom stereocenters. The molecule has 3 heterocycles. The van der Waals surface area contributed by atoms with E-state index >= 15 is 0 Å². The fraction of sp³-hybridized carbons (Fsp3) is 0.462. The fourth-order valence-electron chi connectivity index (χ4n) is 4.61. The lowest BCUT2D eigenvalue weighted by atomic mass is 9.99. The lowest BCUT2D eigenvalue weighted by Crippen LogP contribution is -2.37. The summed E-state index contributed by atoms with van der Waals surface area (Å²) in [5, 5.41) is 25.4. The summed E-state index contributed by atoms with van der Waals surface area (Å²) in [5.41, 5.74) is 4.07. The van der Waals surface area contributed by atoms with Crippen LogP contribution in [0, 0.1) is 0 Å². The molecule has 1 aliphatic rings. The topological polar surface area (TPSA) is 141 Å². The first kappa shape index (κ1) is 29.5. The van der Waals surface area contributed by atoms with Crippen LogP contribution in [0.5, 0.6) is 0 Å². The lowest BCUT2D eigenvalue weighted by molar-refractivity contribution is -0.135. The third kappa shape index (κ3) is 7.06. The number of halogens is 2. The molecule has 38 heavy (non-hydrogen) atoms. The number of fused-ring (bicyclic) bond motifs is 3. The quantitative estimate of drug-likeness (QED) is 0.216. The molecule has 10 nitrogen and oxygen atoms in total. The van der Waals surface area contributed by atoms with Crippen molar-refractivity contribution in [2.45, 2.75) is 58.5 Å². The number of aliphatic hydroxyl groups is 1. The number of hydrogen-bond acceptors (Lipinski definition) is 5. The number of amides is 2. The molecule has 4 rings (SSSR count). The summed E-state index contributed by atoms with van der Waals surface area (Å²) in [7, 11) is 0. The maximum atomic E-state index is 12.4. The van der Waals surface area contributed by atoms with Gasteiger partial charge in [0.15, 0.2) is 0 Å². The monoisotopic (exact) mass is 565 g/mol. The van der Waals surface area contributed by atoms with Crippen LogP contribution in [0.4, 0.5) is 0 Å². The van der Waals surface area contributed by atoms with E-state index < -0.39 is 6.61 Å². The standard InChI is InChI=1S/C25H31Cl2N5O3.CH2O2/c1-2-3-4-5-6-9-28-21(34)14-32-11-8-20(30-32)16-12-18(26)24(27)25-23(16)17-13-31(22(35)15-33)10-7-19(17)29-25;2-1-3/h8,11-12,29,33H,2-7,9-10,13-15H2,1H3,(H,28,34);1H,(H,2,3). The van der Waals surface area contributed by atoms with Crippen molar-refractivity contribution in [3.63, 3.8) is 0 Å². The van der Waals surface area contributed by atoms with Gasteiger partial charge >= 0.3 is 0 Å². The smallest absolute Gasteiger partial charge is 0.290 e. The van der Waals surface area contributed by atoms with E-state index in [0.29, 0.717) is 47.3 Å². The van der Waals surface area contributed by atoms with E-state index in [-0.39, 0.29) is 24.8 Å². The molecule has 0 spiro atoms. The van der Waals surface area contributed by atoms with Gasteiger partial charge in [-0.2, -0.15) is 5.10 Å². The highest BCUT2D eigenvalue weighted by Crippen LogP contribution is 2.41. The SMILES string of the molecule is CCCCCCCNC(=O)Cn1ccc(-c2cc(Cl)c(Cl)c3[nH]c4c(c23)CN(C(=O)CO)CC4)n1.O=CO. The Kier molecular flexibility index (Phi) is 11.0. The minimum Gasteiger partial charge on any atom is -0.483 e. The summed E-state index contributed by atoms with van der Waals surface area (Å²) in [6.07, 6.45) is 8.11. The second-order valence-electron chi connectivity index (χ2n) is 9.04. The summed E-state index contributed by atoms with van der Waals surface area (Å²) in [5.74, 6) is -0.390. The molecule has 0 atom stereocenters. The van der Waals surface area contributed by atoms with Gasteiger partial charge in [-0.3, -0.25) is 19.1 Å². The van der Waals surface area contributed by atoms with Crippen LogP contribution in [0.1, 0.15) is 50.3 Å². The van der Waals surface area contributed by atoms with Gasteiger partial charge in [-0.1, -0.05) is 55.8 Å². The first-order valence-electron chi connectivity index (χ1n) is 12.6. The lowest BCUT2D eigenvalue weighted by Gasteiger charge is -2.26. The number of hydrogen-bond donors (Lipinski definition) is 4. The van der Waals surface area contributed by atoms with Gasteiger partial charge in [-0.25, -0.2) is 0 Å². The minimum atomic E-state index is -0.525. The van der Waals surface area contributed by atoms with Gasteiger partial charge in [-0.15, -0.1) is 0 Å². The maximum absolute atomic E-state index is 12.4. The Hall–Kier alpha value is -3.08. The molecular formula is C26H33Cl2N5O5. The number of aliphatic hydroxyl groups excluding tert-OH is 1. The highest BCUT2D eigenvalue weighted by Gasteiger charge is 2.27. The molecule has 0 saturated heterocycles. The van der Waals surface area contributed by atoms with Crippen LogP contribution < -0.4 is 5.32 Å². The first-order valence-corrected chi connectivity index (χ1v) is 13.4. The number of carbonyl (C=O) groups is 3. The molecule has 0 fully saturated rings. The molecule has 1 aliphatic heterocycles. The Morgan fingerprint density at radius 1 is 1.24 bits per heavy atom. The van der Waals surface area contributed by atoms with Gasteiger partial charge in [0, 0.05) is 54.5 Å². The van der Waals surface area contributed by atoms with Gasteiger partial charge in [0.05, 0.1) is 21.3 Å². The van der Waals surface area contributed by atoms with Crippen molar-refractivity contribution in [1.82, 2.24) is 25.0 Å². The van der Waals surface area contributed by atoms with Gasteiger partial charge < -0.3 is 25.4 Å². The summed E-state index contributed by atoms with van der Waals surface area (Å²) in [6.45, 7) is 3.08. The van der Waals surface area contributed by atoms with E-state index in [1.807, 2.05) is 6.07 Å². The average molecular weight is 566 g/mol. The molecule has 1 aromatic carbocycles. The van der Waals surface area contributed by atoms with E-state index in [1.54, 1.807) is 21.8 Å². The molecule has 0 aliphatic carbocycles. The van der Waals surface area contributed by atoms with Gasteiger partial charge in [0.25, 0.3) is 6.47 Å². The molecule has 2 amide bonds. The number of carboxylic acid groups (broad SMARTS) is 1. The largest absolute Gasteiger partial charge is 0.483 e. The zero-order chi connectivity index (χ0) is 27.7. The molecule has 206 valence electrons. The molecule has 12 heteroatoms. The zero-order valence-corrected chi connectivity index (χ0v) is 22.8. The van der Waals surface area contributed by atoms with Crippen molar-refractivity contribution in [3.8, 4) is 11.3 Å². The number of aromatic nitrogens is 3. The van der Waals surface area contributed by atoms with Crippen LogP contribution in [0.25, 0.3) is 22.2 Å². The number of H-pyrrole nitrogens is 1. The van der Waals surface area contributed by atoms with Gasteiger partial charge in [0.1, 0.15) is 13.2 Å². The Bertz CT molecular complexity index is 1270. The highest BCUT2D eigenvalue weighted by molar-refractivity contribution is 6.45. The number of unbranched alkanes of at least 4 members (excludes halogenated alkanes) is 4. The number of carbonyl (C=O) groups excluding carboxylic acids is 2. The van der Waals surface area contributed by atoms with E-state index in [4.69, 9.17) is 33.1 Å². The Balaban J connectivity index is 0.00000127. The molecule has 2 aromatic heterocycles. The van der Waals surface area contributed by atoms with Crippen LogP contribution in [0.2, 0.25) is 10.0 Å². The third-order valence-electron chi connectivity index (χ3n) is 6.45. The molecule has 0 bridgehead atoms. The van der Waals surface area contributed by atoms with Crippen molar-refractivity contribution in [3.05, 3.63) is 39.6 Å². The highest BCUT2D eigenvalue weighted by atomic mass is 35.5. The van der Waals surface area contributed by atoms with E-state index in [9.17, 15) is 14.7 Å². The number of benzene rings is 1. The van der Waals surface area contributed by atoms with E-state index in [2.05, 4.69) is 22.3 Å². The van der Waals surface area contributed by atoms with Gasteiger partial charge in [-0.05, 0) is 18.6 Å². The predicted molar refractivity (Wildman–Crippen MR) is 146 cm³/mol. The van der Waals surface area contributed by atoms with Crippen LogP contribution >= 0.6 is 23.2 Å².